The predicted molar refractivity (Wildman–Crippen MR) is 138 cm³/mol. The van der Waals surface area contributed by atoms with Gasteiger partial charge >= 0.3 is 0 Å². The number of likely N-dealkylation sites (tertiary alicyclic amines) is 1. The Hall–Kier alpha value is -2.67. The van der Waals surface area contributed by atoms with Crippen molar-refractivity contribution < 1.29 is 13.2 Å². The van der Waals surface area contributed by atoms with E-state index in [0.29, 0.717) is 5.69 Å². The monoisotopic (exact) mass is 478 g/mol. The maximum absolute atomic E-state index is 11.8. The van der Waals surface area contributed by atoms with E-state index in [9.17, 15) is 8.42 Å². The standard InChI is InChI=1S/C28H34N2O3S/c1-2-34(31,32)29-26-18-16-23(17-19-26)20-22-30-21-10-9-15-27(30)33-28(24-11-5-3-6-12-24)25-13-7-4-8-14-25/h3-8,11-14,16-19,27-29H,2,9-10,15,20-22H2,1H3. The summed E-state index contributed by atoms with van der Waals surface area (Å²) in [4.78, 5) is 2.45. The average Bonchev–Trinajstić information content (AvgIpc) is 2.88. The van der Waals surface area contributed by atoms with Gasteiger partial charge in [-0.3, -0.25) is 9.62 Å². The minimum atomic E-state index is -3.25. The van der Waals surface area contributed by atoms with Gasteiger partial charge in [-0.05, 0) is 61.4 Å². The van der Waals surface area contributed by atoms with Crippen molar-refractivity contribution in [3.05, 3.63) is 102 Å². The molecule has 1 heterocycles. The normalized spacial score (nSPS) is 17.1. The Morgan fingerprint density at radius 3 is 2.12 bits per heavy atom. The number of ether oxygens (including phenoxy) is 1. The molecule has 1 unspecified atom stereocenters. The van der Waals surface area contributed by atoms with Crippen LogP contribution < -0.4 is 4.72 Å². The highest BCUT2D eigenvalue weighted by molar-refractivity contribution is 7.92. The number of rotatable bonds is 10. The van der Waals surface area contributed by atoms with Gasteiger partial charge in [0, 0.05) is 18.8 Å². The molecule has 3 aromatic carbocycles. The van der Waals surface area contributed by atoms with Gasteiger partial charge in [0.25, 0.3) is 0 Å². The van der Waals surface area contributed by atoms with E-state index >= 15 is 0 Å². The second-order valence-electron chi connectivity index (χ2n) is 8.78. The maximum atomic E-state index is 11.8. The summed E-state index contributed by atoms with van der Waals surface area (Å²) in [5.74, 6) is 0.0675. The smallest absolute Gasteiger partial charge is 0.232 e. The molecule has 1 fully saturated rings. The molecule has 6 heteroatoms. The third-order valence-corrected chi connectivity index (χ3v) is 7.65. The minimum Gasteiger partial charge on any atom is -0.350 e. The zero-order valence-electron chi connectivity index (χ0n) is 19.8. The molecule has 180 valence electrons. The second kappa shape index (κ2) is 11.6. The molecular formula is C28H34N2O3S. The van der Waals surface area contributed by atoms with Gasteiger partial charge in [-0.1, -0.05) is 72.8 Å². The van der Waals surface area contributed by atoms with Crippen molar-refractivity contribution in [1.29, 1.82) is 0 Å². The molecule has 1 aliphatic rings. The van der Waals surface area contributed by atoms with Crippen molar-refractivity contribution in [2.24, 2.45) is 0 Å². The molecule has 4 rings (SSSR count). The molecule has 0 bridgehead atoms. The first kappa shape index (κ1) is 24.5. The number of piperidine rings is 1. The van der Waals surface area contributed by atoms with Crippen LogP contribution in [0, 0.1) is 0 Å². The van der Waals surface area contributed by atoms with E-state index in [1.54, 1.807) is 6.92 Å². The summed E-state index contributed by atoms with van der Waals surface area (Å²) in [6, 6.07) is 28.6. The molecule has 0 saturated carbocycles. The first-order valence-corrected chi connectivity index (χ1v) is 13.8. The number of sulfonamides is 1. The zero-order chi connectivity index (χ0) is 23.8. The van der Waals surface area contributed by atoms with E-state index < -0.39 is 10.0 Å². The summed E-state index contributed by atoms with van der Waals surface area (Å²) in [7, 11) is -3.25. The Morgan fingerprint density at radius 2 is 1.53 bits per heavy atom. The Balaban J connectivity index is 1.43. The van der Waals surface area contributed by atoms with Gasteiger partial charge < -0.3 is 4.74 Å². The van der Waals surface area contributed by atoms with Crippen molar-refractivity contribution in [2.45, 2.75) is 44.9 Å². The quantitative estimate of drug-likeness (QED) is 0.412. The van der Waals surface area contributed by atoms with Crippen LogP contribution in [0.5, 0.6) is 0 Å². The third-order valence-electron chi connectivity index (χ3n) is 6.35. The maximum Gasteiger partial charge on any atom is 0.232 e. The molecule has 34 heavy (non-hydrogen) atoms. The van der Waals surface area contributed by atoms with Crippen molar-refractivity contribution >= 4 is 15.7 Å². The van der Waals surface area contributed by atoms with Crippen LogP contribution >= 0.6 is 0 Å². The van der Waals surface area contributed by atoms with Crippen LogP contribution in [0.15, 0.2) is 84.9 Å². The summed E-state index contributed by atoms with van der Waals surface area (Å²) in [5, 5.41) is 0. The first-order chi connectivity index (χ1) is 16.5. The van der Waals surface area contributed by atoms with E-state index in [1.807, 2.05) is 36.4 Å². The molecule has 1 N–H and O–H groups in total. The van der Waals surface area contributed by atoms with Gasteiger partial charge in [-0.15, -0.1) is 0 Å². The fourth-order valence-electron chi connectivity index (χ4n) is 4.40. The van der Waals surface area contributed by atoms with Crippen molar-refractivity contribution in [3.63, 3.8) is 0 Å². The largest absolute Gasteiger partial charge is 0.350 e. The van der Waals surface area contributed by atoms with E-state index in [0.717, 1.165) is 25.9 Å². The van der Waals surface area contributed by atoms with Gasteiger partial charge in [0.1, 0.15) is 12.3 Å². The summed E-state index contributed by atoms with van der Waals surface area (Å²) in [5.41, 5.74) is 4.14. The van der Waals surface area contributed by atoms with Gasteiger partial charge in [0.2, 0.25) is 10.0 Å². The van der Waals surface area contributed by atoms with E-state index in [-0.39, 0.29) is 18.1 Å². The van der Waals surface area contributed by atoms with Crippen LogP contribution in [0.4, 0.5) is 5.69 Å². The Bertz CT molecular complexity index is 1080. The van der Waals surface area contributed by atoms with E-state index in [4.69, 9.17) is 4.74 Å². The van der Waals surface area contributed by atoms with Gasteiger partial charge in [-0.25, -0.2) is 8.42 Å². The Morgan fingerprint density at radius 1 is 0.912 bits per heavy atom. The fourth-order valence-corrected chi connectivity index (χ4v) is 5.04. The zero-order valence-corrected chi connectivity index (χ0v) is 20.6. The van der Waals surface area contributed by atoms with Crippen molar-refractivity contribution in [3.8, 4) is 0 Å². The lowest BCUT2D eigenvalue weighted by molar-refractivity contribution is -0.105. The number of anilines is 1. The molecule has 1 atom stereocenters. The highest BCUT2D eigenvalue weighted by Crippen LogP contribution is 2.31. The minimum absolute atomic E-state index is 0.0646. The van der Waals surface area contributed by atoms with Gasteiger partial charge in [0.15, 0.2) is 0 Å². The second-order valence-corrected chi connectivity index (χ2v) is 10.8. The molecule has 5 nitrogen and oxygen atoms in total. The Kier molecular flexibility index (Phi) is 8.38. The molecule has 1 saturated heterocycles. The number of nitrogens with one attached hydrogen (secondary N) is 1. The predicted octanol–water partition coefficient (Wildman–Crippen LogP) is 5.61. The lowest BCUT2D eigenvalue weighted by atomic mass is 10.0. The van der Waals surface area contributed by atoms with Crippen LogP contribution in [0.25, 0.3) is 0 Å². The lowest BCUT2D eigenvalue weighted by Crippen LogP contribution is -2.43. The number of hydrogen-bond donors (Lipinski definition) is 1. The SMILES string of the molecule is CCS(=O)(=O)Nc1ccc(CCN2CCCCC2OC(c2ccccc2)c2ccccc2)cc1. The molecule has 3 aromatic rings. The first-order valence-electron chi connectivity index (χ1n) is 12.1. The number of hydrogen-bond acceptors (Lipinski definition) is 4. The molecule has 0 spiro atoms. The highest BCUT2D eigenvalue weighted by Gasteiger charge is 2.27. The molecule has 0 aromatic heterocycles. The van der Waals surface area contributed by atoms with Crippen LogP contribution in [0.3, 0.4) is 0 Å². The lowest BCUT2D eigenvalue weighted by Gasteiger charge is -2.38. The van der Waals surface area contributed by atoms with Crippen LogP contribution in [-0.2, 0) is 21.2 Å². The van der Waals surface area contributed by atoms with Crippen LogP contribution in [0.2, 0.25) is 0 Å². The molecule has 1 aliphatic heterocycles. The molecule has 0 radical (unpaired) electrons. The summed E-state index contributed by atoms with van der Waals surface area (Å²) < 4.78 is 33.0. The van der Waals surface area contributed by atoms with Crippen molar-refractivity contribution in [2.75, 3.05) is 23.6 Å². The molecule has 0 aliphatic carbocycles. The third kappa shape index (κ3) is 6.69. The summed E-state index contributed by atoms with van der Waals surface area (Å²) in [6.07, 6.45) is 4.23. The summed E-state index contributed by atoms with van der Waals surface area (Å²) >= 11 is 0. The van der Waals surface area contributed by atoms with E-state index in [2.05, 4.69) is 58.2 Å². The summed E-state index contributed by atoms with van der Waals surface area (Å²) in [6.45, 7) is 3.56. The number of benzene rings is 3. The highest BCUT2D eigenvalue weighted by atomic mass is 32.2. The van der Waals surface area contributed by atoms with Gasteiger partial charge in [-0.2, -0.15) is 0 Å². The Labute approximate surface area is 203 Å². The van der Waals surface area contributed by atoms with Gasteiger partial charge in [0.05, 0.1) is 5.75 Å². The van der Waals surface area contributed by atoms with E-state index in [1.165, 1.54) is 29.5 Å². The molecule has 0 amide bonds. The molecular weight excluding hydrogens is 444 g/mol. The fraction of sp³-hybridized carbons (Fsp3) is 0.357. The number of nitrogens with zero attached hydrogens (tertiary/aromatic N) is 1. The van der Waals surface area contributed by atoms with Crippen LogP contribution in [0.1, 0.15) is 49.0 Å². The van der Waals surface area contributed by atoms with Crippen LogP contribution in [-0.4, -0.2) is 38.4 Å². The van der Waals surface area contributed by atoms with Crippen molar-refractivity contribution in [1.82, 2.24) is 4.90 Å². The topological polar surface area (TPSA) is 58.6 Å². The average molecular weight is 479 g/mol.